The highest BCUT2D eigenvalue weighted by Gasteiger charge is 2.08. The van der Waals surface area contributed by atoms with E-state index in [-0.39, 0.29) is 11.5 Å². The van der Waals surface area contributed by atoms with Crippen LogP contribution in [0.4, 0.5) is 5.69 Å². The van der Waals surface area contributed by atoms with Crippen molar-refractivity contribution in [1.29, 1.82) is 0 Å². The number of nitro benzene ring substituents is 1. The van der Waals surface area contributed by atoms with Crippen molar-refractivity contribution < 1.29 is 9.72 Å². The number of ketones is 1. The van der Waals surface area contributed by atoms with E-state index >= 15 is 0 Å². The summed E-state index contributed by atoms with van der Waals surface area (Å²) in [6.45, 7) is 0. The Labute approximate surface area is 119 Å². The van der Waals surface area contributed by atoms with Crippen LogP contribution >= 0.6 is 23.5 Å². The molecule has 2 rings (SSSR count). The lowest BCUT2D eigenvalue weighted by Gasteiger charge is -1.93. The molecule has 1 aliphatic heterocycles. The van der Waals surface area contributed by atoms with Crippen molar-refractivity contribution in [3.8, 4) is 0 Å². The summed E-state index contributed by atoms with van der Waals surface area (Å²) in [5.41, 5.74) is 0.813. The number of benzene rings is 1. The molecule has 6 heteroatoms. The van der Waals surface area contributed by atoms with Gasteiger partial charge in [0.2, 0.25) is 0 Å². The zero-order chi connectivity index (χ0) is 13.7. The molecule has 1 aromatic carbocycles. The number of nitrogens with zero attached hydrogens (tertiary/aromatic N) is 1. The molecule has 1 saturated heterocycles. The number of carbonyl (C=O) groups is 1. The first-order chi connectivity index (χ1) is 9.15. The molecule has 4 nitrogen and oxygen atoms in total. The van der Waals surface area contributed by atoms with Crippen molar-refractivity contribution in [3.63, 3.8) is 0 Å². The van der Waals surface area contributed by atoms with Gasteiger partial charge in [-0.05, 0) is 23.8 Å². The minimum absolute atomic E-state index is 0.0457. The lowest BCUT2D eigenvalue weighted by atomic mass is 10.2. The summed E-state index contributed by atoms with van der Waals surface area (Å²) in [6, 6.07) is 6.08. The lowest BCUT2D eigenvalue weighted by molar-refractivity contribution is -0.384. The van der Waals surface area contributed by atoms with Crippen LogP contribution in [0.15, 0.2) is 40.7 Å². The van der Waals surface area contributed by atoms with E-state index in [1.54, 1.807) is 47.8 Å². The summed E-state index contributed by atoms with van der Waals surface area (Å²) in [6.07, 6.45) is 4.77. The Morgan fingerprint density at radius 1 is 1.21 bits per heavy atom. The van der Waals surface area contributed by atoms with Crippen LogP contribution in [0.2, 0.25) is 0 Å². The molecule has 1 aromatic rings. The standard InChI is InChI=1S/C13H11NO3S2/c15-12(9-13-18-7-8-19-13)6-3-10-1-4-11(5-2-10)14(16)17/h1-6,9H,7-8H2/b6-3-. The zero-order valence-corrected chi connectivity index (χ0v) is 11.6. The largest absolute Gasteiger partial charge is 0.290 e. The number of carbonyl (C=O) groups excluding carboxylic acids is 1. The highest BCUT2D eigenvalue weighted by Crippen LogP contribution is 2.35. The first kappa shape index (κ1) is 13.9. The molecule has 1 fully saturated rings. The average molecular weight is 293 g/mol. The van der Waals surface area contributed by atoms with Crippen LogP contribution < -0.4 is 0 Å². The molecule has 0 amide bonds. The van der Waals surface area contributed by atoms with Crippen molar-refractivity contribution >= 4 is 41.1 Å². The van der Waals surface area contributed by atoms with Crippen LogP contribution in [0.25, 0.3) is 6.08 Å². The van der Waals surface area contributed by atoms with Gasteiger partial charge in [0, 0.05) is 34.0 Å². The average Bonchev–Trinajstić information content (AvgIpc) is 2.89. The first-order valence-corrected chi connectivity index (χ1v) is 7.56. The van der Waals surface area contributed by atoms with Crippen molar-refractivity contribution in [2.75, 3.05) is 11.5 Å². The molecule has 0 saturated carbocycles. The summed E-state index contributed by atoms with van der Waals surface area (Å²) in [5.74, 6) is 2.04. The predicted octanol–water partition coefficient (Wildman–Crippen LogP) is 3.50. The maximum Gasteiger partial charge on any atom is 0.269 e. The number of thioether (sulfide) groups is 2. The van der Waals surface area contributed by atoms with E-state index in [9.17, 15) is 14.9 Å². The van der Waals surface area contributed by atoms with Gasteiger partial charge in [-0.15, -0.1) is 23.5 Å². The zero-order valence-electron chi connectivity index (χ0n) is 9.94. The number of non-ortho nitro benzene ring substituents is 1. The fourth-order valence-electron chi connectivity index (χ4n) is 1.46. The van der Waals surface area contributed by atoms with Gasteiger partial charge in [-0.2, -0.15) is 0 Å². The van der Waals surface area contributed by atoms with Crippen LogP contribution in [0.1, 0.15) is 5.56 Å². The monoisotopic (exact) mass is 293 g/mol. The second-order valence-corrected chi connectivity index (χ2v) is 6.28. The van der Waals surface area contributed by atoms with E-state index in [0.29, 0.717) is 0 Å². The van der Waals surface area contributed by atoms with E-state index in [4.69, 9.17) is 0 Å². The molecule has 0 aromatic heterocycles. The number of nitro groups is 1. The third-order valence-corrected chi connectivity index (χ3v) is 4.96. The number of allylic oxidation sites excluding steroid dienone is 2. The van der Waals surface area contributed by atoms with Crippen molar-refractivity contribution in [1.82, 2.24) is 0 Å². The second-order valence-electron chi connectivity index (χ2n) is 3.74. The maximum absolute atomic E-state index is 11.6. The molecular formula is C13H11NO3S2. The Morgan fingerprint density at radius 2 is 1.84 bits per heavy atom. The summed E-state index contributed by atoms with van der Waals surface area (Å²) in [5, 5.41) is 10.5. The maximum atomic E-state index is 11.6. The smallest absolute Gasteiger partial charge is 0.269 e. The molecule has 1 aliphatic rings. The Morgan fingerprint density at radius 3 is 2.42 bits per heavy atom. The Hall–Kier alpha value is -1.53. The van der Waals surface area contributed by atoms with Gasteiger partial charge >= 0.3 is 0 Å². The van der Waals surface area contributed by atoms with Gasteiger partial charge in [-0.1, -0.05) is 6.08 Å². The van der Waals surface area contributed by atoms with Crippen molar-refractivity contribution in [2.45, 2.75) is 0 Å². The van der Waals surface area contributed by atoms with E-state index < -0.39 is 4.92 Å². The highest BCUT2D eigenvalue weighted by atomic mass is 32.2. The van der Waals surface area contributed by atoms with Gasteiger partial charge < -0.3 is 0 Å². The molecule has 0 spiro atoms. The van der Waals surface area contributed by atoms with Crippen LogP contribution in [-0.4, -0.2) is 22.2 Å². The second kappa shape index (κ2) is 6.58. The molecule has 0 bridgehead atoms. The lowest BCUT2D eigenvalue weighted by Crippen LogP contribution is -1.88. The molecule has 0 N–H and O–H groups in total. The molecule has 0 radical (unpaired) electrons. The molecule has 0 unspecified atom stereocenters. The number of rotatable bonds is 4. The topological polar surface area (TPSA) is 60.2 Å². The van der Waals surface area contributed by atoms with Crippen LogP contribution in [0.3, 0.4) is 0 Å². The minimum atomic E-state index is -0.447. The quantitative estimate of drug-likeness (QED) is 0.483. The van der Waals surface area contributed by atoms with E-state index in [0.717, 1.165) is 21.3 Å². The van der Waals surface area contributed by atoms with E-state index in [1.165, 1.54) is 18.2 Å². The van der Waals surface area contributed by atoms with E-state index in [2.05, 4.69) is 0 Å². The molecular weight excluding hydrogens is 282 g/mol. The normalized spacial score (nSPS) is 14.8. The third-order valence-electron chi connectivity index (χ3n) is 2.38. The molecule has 0 atom stereocenters. The van der Waals surface area contributed by atoms with Crippen molar-refractivity contribution in [3.05, 3.63) is 56.3 Å². The molecule has 0 aliphatic carbocycles. The number of hydrogen-bond acceptors (Lipinski definition) is 5. The predicted molar refractivity (Wildman–Crippen MR) is 80.1 cm³/mol. The van der Waals surface area contributed by atoms with Gasteiger partial charge in [-0.3, -0.25) is 14.9 Å². The van der Waals surface area contributed by atoms with Gasteiger partial charge in [0.1, 0.15) is 0 Å². The first-order valence-electron chi connectivity index (χ1n) is 5.59. The van der Waals surface area contributed by atoms with Crippen LogP contribution in [-0.2, 0) is 4.79 Å². The molecule has 1 heterocycles. The molecule has 19 heavy (non-hydrogen) atoms. The van der Waals surface area contributed by atoms with E-state index in [1.807, 2.05) is 0 Å². The summed E-state index contributed by atoms with van der Waals surface area (Å²) in [7, 11) is 0. The van der Waals surface area contributed by atoms with Gasteiger partial charge in [0.25, 0.3) is 5.69 Å². The highest BCUT2D eigenvalue weighted by molar-refractivity contribution is 8.25. The summed E-state index contributed by atoms with van der Waals surface area (Å²) >= 11 is 3.38. The van der Waals surface area contributed by atoms with Crippen LogP contribution in [0.5, 0.6) is 0 Å². The van der Waals surface area contributed by atoms with Gasteiger partial charge in [0.15, 0.2) is 5.78 Å². The van der Waals surface area contributed by atoms with Gasteiger partial charge in [0.05, 0.1) is 4.92 Å². The summed E-state index contributed by atoms with van der Waals surface area (Å²) in [4.78, 5) is 21.7. The Kier molecular flexibility index (Phi) is 4.81. The van der Waals surface area contributed by atoms with Crippen molar-refractivity contribution in [2.24, 2.45) is 0 Å². The number of hydrogen-bond donors (Lipinski definition) is 0. The summed E-state index contributed by atoms with van der Waals surface area (Å²) < 4.78 is 1.05. The van der Waals surface area contributed by atoms with Crippen LogP contribution in [0, 0.1) is 10.1 Å². The SMILES string of the molecule is O=C(C=C1SCCS1)/C=C\c1ccc([N+](=O)[O-])cc1. The fourth-order valence-corrected chi connectivity index (χ4v) is 3.76. The third kappa shape index (κ3) is 4.25. The minimum Gasteiger partial charge on any atom is -0.290 e. The Balaban J connectivity index is 1.99. The Bertz CT molecular complexity index is 542. The van der Waals surface area contributed by atoms with Gasteiger partial charge in [-0.25, -0.2) is 0 Å². The molecule has 98 valence electrons. The fraction of sp³-hybridized carbons (Fsp3) is 0.154.